The maximum absolute atomic E-state index is 12.4. The Hall–Kier alpha value is -1.60. The third-order valence-corrected chi connectivity index (χ3v) is 5.46. The second-order valence-electron chi connectivity index (χ2n) is 5.96. The second-order valence-corrected chi connectivity index (χ2v) is 7.68. The quantitative estimate of drug-likeness (QED) is 0.554. The molecular formula is C18H30N2O4S. The van der Waals surface area contributed by atoms with Gasteiger partial charge in [-0.15, -0.1) is 0 Å². The first-order chi connectivity index (χ1) is 11.9. The van der Waals surface area contributed by atoms with Crippen molar-refractivity contribution in [2.75, 3.05) is 13.7 Å². The minimum Gasteiger partial charge on any atom is -0.497 e. The van der Waals surface area contributed by atoms with Crippen LogP contribution in [0.25, 0.3) is 0 Å². The first kappa shape index (κ1) is 21.4. The lowest BCUT2D eigenvalue weighted by Gasteiger charge is -2.17. The molecule has 0 aliphatic carbocycles. The van der Waals surface area contributed by atoms with Gasteiger partial charge < -0.3 is 10.1 Å². The van der Waals surface area contributed by atoms with Gasteiger partial charge >= 0.3 is 0 Å². The molecule has 1 aromatic rings. The summed E-state index contributed by atoms with van der Waals surface area (Å²) < 4.78 is 32.3. The molecule has 0 aliphatic heterocycles. The number of methoxy groups -OCH3 is 1. The number of ether oxygens (including phenoxy) is 1. The van der Waals surface area contributed by atoms with Gasteiger partial charge in [0.05, 0.1) is 12.0 Å². The van der Waals surface area contributed by atoms with Gasteiger partial charge in [0.2, 0.25) is 15.9 Å². The van der Waals surface area contributed by atoms with Crippen LogP contribution >= 0.6 is 0 Å². The normalized spacial score (nSPS) is 12.6. The molecule has 2 N–H and O–H groups in total. The summed E-state index contributed by atoms with van der Waals surface area (Å²) in [5.74, 6) is 0.293. The summed E-state index contributed by atoms with van der Waals surface area (Å²) in [5, 5.41) is 2.82. The zero-order valence-electron chi connectivity index (χ0n) is 15.4. The molecule has 0 heterocycles. The predicted molar refractivity (Wildman–Crippen MR) is 99.2 cm³/mol. The molecule has 1 rings (SSSR count). The van der Waals surface area contributed by atoms with E-state index in [0.717, 1.165) is 19.3 Å². The van der Waals surface area contributed by atoms with Gasteiger partial charge in [-0.1, -0.05) is 39.5 Å². The summed E-state index contributed by atoms with van der Waals surface area (Å²) in [6.45, 7) is 4.51. The van der Waals surface area contributed by atoms with Crippen molar-refractivity contribution < 1.29 is 17.9 Å². The van der Waals surface area contributed by atoms with Crippen molar-refractivity contribution in [3.8, 4) is 5.75 Å². The predicted octanol–water partition coefficient (Wildman–Crippen LogP) is 2.84. The number of unbranched alkanes of at least 4 members (excludes halogenated alkanes) is 4. The Morgan fingerprint density at radius 1 is 1.08 bits per heavy atom. The highest BCUT2D eigenvalue weighted by molar-refractivity contribution is 7.89. The summed E-state index contributed by atoms with van der Waals surface area (Å²) in [7, 11) is -2.24. The topological polar surface area (TPSA) is 84.5 Å². The lowest BCUT2D eigenvalue weighted by Crippen LogP contribution is -2.46. The van der Waals surface area contributed by atoms with Crippen molar-refractivity contribution in [3.63, 3.8) is 0 Å². The fourth-order valence-corrected chi connectivity index (χ4v) is 3.67. The van der Waals surface area contributed by atoms with Crippen molar-refractivity contribution >= 4 is 15.9 Å². The Labute approximate surface area is 151 Å². The van der Waals surface area contributed by atoms with E-state index in [-0.39, 0.29) is 10.8 Å². The van der Waals surface area contributed by atoms with Crippen LogP contribution in [0.1, 0.15) is 52.4 Å². The van der Waals surface area contributed by atoms with Crippen molar-refractivity contribution in [2.24, 2.45) is 0 Å². The third kappa shape index (κ3) is 7.44. The number of benzene rings is 1. The molecule has 1 amide bonds. The zero-order chi connectivity index (χ0) is 18.7. The molecule has 25 heavy (non-hydrogen) atoms. The number of nitrogens with one attached hydrogen (secondary N) is 2. The smallest absolute Gasteiger partial charge is 0.241 e. The van der Waals surface area contributed by atoms with Crippen molar-refractivity contribution in [2.45, 2.75) is 63.3 Å². The van der Waals surface area contributed by atoms with Crippen LogP contribution in [0.2, 0.25) is 0 Å². The maximum Gasteiger partial charge on any atom is 0.241 e. The van der Waals surface area contributed by atoms with Gasteiger partial charge in [-0.3, -0.25) is 4.79 Å². The van der Waals surface area contributed by atoms with Crippen LogP contribution in [-0.4, -0.2) is 34.0 Å². The minimum absolute atomic E-state index is 0.110. The van der Waals surface area contributed by atoms with E-state index in [1.165, 1.54) is 32.1 Å². The average molecular weight is 371 g/mol. The van der Waals surface area contributed by atoms with Gasteiger partial charge in [0, 0.05) is 6.54 Å². The highest BCUT2D eigenvalue weighted by atomic mass is 32.2. The molecule has 1 aromatic carbocycles. The van der Waals surface area contributed by atoms with Crippen LogP contribution in [0, 0.1) is 0 Å². The molecule has 0 radical (unpaired) electrons. The van der Waals surface area contributed by atoms with Crippen LogP contribution in [-0.2, 0) is 14.8 Å². The van der Waals surface area contributed by atoms with E-state index in [2.05, 4.69) is 17.0 Å². The van der Waals surface area contributed by atoms with Crippen LogP contribution < -0.4 is 14.8 Å². The zero-order valence-corrected chi connectivity index (χ0v) is 16.2. The second kappa shape index (κ2) is 11.1. The van der Waals surface area contributed by atoms with E-state index < -0.39 is 16.1 Å². The molecular weight excluding hydrogens is 340 g/mol. The fraction of sp³-hybridized carbons (Fsp3) is 0.611. The first-order valence-electron chi connectivity index (χ1n) is 8.88. The number of amides is 1. The highest BCUT2D eigenvalue weighted by Gasteiger charge is 2.24. The van der Waals surface area contributed by atoms with Gasteiger partial charge in [0.1, 0.15) is 11.8 Å². The number of hydrogen-bond donors (Lipinski definition) is 2. The Kier molecular flexibility index (Phi) is 9.52. The molecule has 0 unspecified atom stereocenters. The largest absolute Gasteiger partial charge is 0.497 e. The molecule has 0 aliphatic rings. The molecule has 0 aromatic heterocycles. The van der Waals surface area contributed by atoms with Gasteiger partial charge in [0.15, 0.2) is 0 Å². The lowest BCUT2D eigenvalue weighted by molar-refractivity contribution is -0.122. The average Bonchev–Trinajstić information content (AvgIpc) is 2.62. The minimum atomic E-state index is -3.75. The molecule has 1 atom stereocenters. The Morgan fingerprint density at radius 2 is 1.72 bits per heavy atom. The number of sulfonamides is 1. The van der Waals surface area contributed by atoms with Crippen molar-refractivity contribution in [1.82, 2.24) is 10.0 Å². The molecule has 0 saturated carbocycles. The fourth-order valence-electron chi connectivity index (χ4n) is 2.40. The van der Waals surface area contributed by atoms with E-state index >= 15 is 0 Å². The molecule has 6 nitrogen and oxygen atoms in total. The summed E-state index contributed by atoms with van der Waals surface area (Å²) in [4.78, 5) is 12.3. The van der Waals surface area contributed by atoms with Crippen molar-refractivity contribution in [3.05, 3.63) is 24.3 Å². The standard InChI is InChI=1S/C18H30N2O4S/c1-4-6-7-8-9-14-19-18(21)17(5-2)20-25(22,23)16-12-10-15(24-3)11-13-16/h10-13,17,20H,4-9,14H2,1-3H3,(H,19,21)/t17-/m0/s1. The third-order valence-electron chi connectivity index (χ3n) is 3.97. The van der Waals surface area contributed by atoms with E-state index in [4.69, 9.17) is 4.74 Å². The number of rotatable bonds is 12. The number of hydrogen-bond acceptors (Lipinski definition) is 4. The van der Waals surface area contributed by atoms with Crippen LogP contribution in [0.4, 0.5) is 0 Å². The van der Waals surface area contributed by atoms with Crippen LogP contribution in [0.15, 0.2) is 29.2 Å². The van der Waals surface area contributed by atoms with Gasteiger partial charge in [0.25, 0.3) is 0 Å². The molecule has 0 saturated heterocycles. The Morgan fingerprint density at radius 3 is 2.28 bits per heavy atom. The Bertz CT molecular complexity index is 614. The van der Waals surface area contributed by atoms with Gasteiger partial charge in [-0.25, -0.2) is 8.42 Å². The number of carbonyl (C=O) groups is 1. The summed E-state index contributed by atoms with van der Waals surface area (Å²) >= 11 is 0. The molecule has 0 fully saturated rings. The highest BCUT2D eigenvalue weighted by Crippen LogP contribution is 2.16. The van der Waals surface area contributed by atoms with Gasteiger partial charge in [-0.2, -0.15) is 4.72 Å². The van der Waals surface area contributed by atoms with Crippen molar-refractivity contribution in [1.29, 1.82) is 0 Å². The SMILES string of the molecule is CCCCCCCNC(=O)[C@H](CC)NS(=O)(=O)c1ccc(OC)cc1. The van der Waals surface area contributed by atoms with E-state index in [1.807, 2.05) is 0 Å². The monoisotopic (exact) mass is 370 g/mol. The van der Waals surface area contributed by atoms with E-state index in [0.29, 0.717) is 18.7 Å². The Balaban J connectivity index is 2.56. The van der Waals surface area contributed by atoms with E-state index in [9.17, 15) is 13.2 Å². The summed E-state index contributed by atoms with van der Waals surface area (Å²) in [6.07, 6.45) is 5.91. The molecule has 7 heteroatoms. The molecule has 0 bridgehead atoms. The van der Waals surface area contributed by atoms with Crippen LogP contribution in [0.5, 0.6) is 5.75 Å². The summed E-state index contributed by atoms with van der Waals surface area (Å²) in [5.41, 5.74) is 0. The van der Waals surface area contributed by atoms with Gasteiger partial charge in [-0.05, 0) is 37.1 Å². The molecule has 142 valence electrons. The maximum atomic E-state index is 12.4. The van der Waals surface area contributed by atoms with E-state index in [1.54, 1.807) is 19.1 Å². The summed E-state index contributed by atoms with van der Waals surface area (Å²) in [6, 6.07) is 5.29. The molecule has 0 spiro atoms. The van der Waals surface area contributed by atoms with Crippen LogP contribution in [0.3, 0.4) is 0 Å². The lowest BCUT2D eigenvalue weighted by atomic mass is 10.1. The first-order valence-corrected chi connectivity index (χ1v) is 10.4. The number of carbonyl (C=O) groups excluding carboxylic acids is 1.